The van der Waals surface area contributed by atoms with Gasteiger partial charge in [-0.3, -0.25) is 9.69 Å². The fourth-order valence-corrected chi connectivity index (χ4v) is 4.61. The highest BCUT2D eigenvalue weighted by atomic mass is 19.4. The molecule has 13 heteroatoms. The van der Waals surface area contributed by atoms with Crippen LogP contribution in [0.1, 0.15) is 64.0 Å². The molecule has 5 rings (SSSR count). The summed E-state index contributed by atoms with van der Waals surface area (Å²) in [5.74, 6) is -1.18. The first-order valence-corrected chi connectivity index (χ1v) is 13.1. The standard InChI is InChI=1S/C25H33N5O3.C2HF3O2/c1-16(29-14-20(15-29)33-19-7-5-17(6-8-19)25(2,3)4)22-27-23-21(24(31)28-22)13-26-30(23)18-9-11-32-12-10-18;3-2(4,5)1(6)7/h5-8,13,16,18,20H,9-12,14-15H2,1-4H3,(H,27,28,31);(H,6,7). The van der Waals surface area contributed by atoms with Crippen LogP contribution >= 0.6 is 0 Å². The SMILES string of the molecule is CC(c1nc2c(cnn2C2CCOCC2)c(=O)[nH]1)N1CC(Oc2ccc(C(C)(C)C)cc2)C1.O=C(O)C(F)(F)F. The maximum absolute atomic E-state index is 12.7. The van der Waals surface area contributed by atoms with Gasteiger partial charge >= 0.3 is 12.1 Å². The molecule has 0 amide bonds. The van der Waals surface area contributed by atoms with E-state index >= 15 is 0 Å². The molecule has 0 saturated carbocycles. The number of aromatic amines is 1. The highest BCUT2D eigenvalue weighted by molar-refractivity contribution is 5.73. The van der Waals surface area contributed by atoms with Crippen LogP contribution in [0.4, 0.5) is 13.2 Å². The largest absolute Gasteiger partial charge is 0.490 e. The van der Waals surface area contributed by atoms with Crippen LogP contribution in [0.3, 0.4) is 0 Å². The molecule has 1 atom stereocenters. The van der Waals surface area contributed by atoms with E-state index in [-0.39, 0.29) is 29.2 Å². The van der Waals surface area contributed by atoms with E-state index in [9.17, 15) is 18.0 Å². The average Bonchev–Trinajstić information content (AvgIpc) is 3.30. The minimum absolute atomic E-state index is 0.0109. The van der Waals surface area contributed by atoms with Crippen molar-refractivity contribution in [3.05, 3.63) is 52.2 Å². The number of alkyl halides is 3. The second kappa shape index (κ2) is 11.6. The van der Waals surface area contributed by atoms with Crippen molar-refractivity contribution in [2.24, 2.45) is 0 Å². The molecule has 3 aromatic rings. The number of fused-ring (bicyclic) bond motifs is 1. The quantitative estimate of drug-likeness (QED) is 0.472. The van der Waals surface area contributed by atoms with Crippen molar-refractivity contribution >= 4 is 17.0 Å². The summed E-state index contributed by atoms with van der Waals surface area (Å²) < 4.78 is 45.3. The summed E-state index contributed by atoms with van der Waals surface area (Å²) in [4.78, 5) is 31.7. The van der Waals surface area contributed by atoms with Gasteiger partial charge in [0.2, 0.25) is 0 Å². The molecule has 218 valence electrons. The summed E-state index contributed by atoms with van der Waals surface area (Å²) in [7, 11) is 0. The molecule has 2 aromatic heterocycles. The maximum Gasteiger partial charge on any atom is 0.490 e. The number of rotatable bonds is 5. The highest BCUT2D eigenvalue weighted by Crippen LogP contribution is 2.29. The van der Waals surface area contributed by atoms with Gasteiger partial charge in [0.05, 0.1) is 18.3 Å². The Morgan fingerprint density at radius 2 is 1.75 bits per heavy atom. The van der Waals surface area contributed by atoms with E-state index in [2.05, 4.69) is 66.9 Å². The van der Waals surface area contributed by atoms with Crippen molar-refractivity contribution < 1.29 is 32.5 Å². The molecule has 1 unspecified atom stereocenters. The number of halogens is 3. The second-order valence-corrected chi connectivity index (χ2v) is 11.1. The third-order valence-electron chi connectivity index (χ3n) is 7.10. The summed E-state index contributed by atoms with van der Waals surface area (Å²) in [6.45, 7) is 11.7. The fraction of sp³-hybridized carbons (Fsp3) is 0.556. The highest BCUT2D eigenvalue weighted by Gasteiger charge is 2.38. The zero-order chi connectivity index (χ0) is 29.2. The van der Waals surface area contributed by atoms with Gasteiger partial charge in [-0.1, -0.05) is 32.9 Å². The molecule has 2 N–H and O–H groups in total. The van der Waals surface area contributed by atoms with E-state index in [1.54, 1.807) is 6.20 Å². The first kappa shape index (κ1) is 29.5. The molecule has 40 heavy (non-hydrogen) atoms. The Morgan fingerprint density at radius 1 is 1.15 bits per heavy atom. The van der Waals surface area contributed by atoms with E-state index in [4.69, 9.17) is 24.4 Å². The Kier molecular flexibility index (Phi) is 8.55. The first-order valence-electron chi connectivity index (χ1n) is 13.1. The van der Waals surface area contributed by atoms with Gasteiger partial charge in [0.1, 0.15) is 23.1 Å². The summed E-state index contributed by atoms with van der Waals surface area (Å²) >= 11 is 0. The molecule has 1 aromatic carbocycles. The van der Waals surface area contributed by atoms with Gasteiger partial charge < -0.3 is 19.6 Å². The topological polar surface area (TPSA) is 123 Å². The number of H-pyrrole nitrogens is 1. The number of hydrogen-bond acceptors (Lipinski definition) is 7. The van der Waals surface area contributed by atoms with Crippen LogP contribution in [0.25, 0.3) is 11.0 Å². The smallest absolute Gasteiger partial charge is 0.488 e. The van der Waals surface area contributed by atoms with Gasteiger partial charge in [0.25, 0.3) is 5.56 Å². The molecule has 4 heterocycles. The van der Waals surface area contributed by atoms with Crippen LogP contribution in [-0.2, 0) is 14.9 Å². The van der Waals surface area contributed by atoms with Crippen LogP contribution in [0.15, 0.2) is 35.3 Å². The normalized spacial score (nSPS) is 18.1. The molecular weight excluding hydrogens is 531 g/mol. The van der Waals surface area contributed by atoms with Gasteiger partial charge in [-0.2, -0.15) is 18.3 Å². The van der Waals surface area contributed by atoms with E-state index in [1.807, 2.05) is 4.68 Å². The molecule has 0 bridgehead atoms. The van der Waals surface area contributed by atoms with E-state index in [0.717, 1.165) is 31.7 Å². The first-order chi connectivity index (χ1) is 18.7. The van der Waals surface area contributed by atoms with Gasteiger partial charge in [0.15, 0.2) is 5.65 Å². The Balaban J connectivity index is 0.000000470. The molecule has 10 nitrogen and oxygen atoms in total. The second-order valence-electron chi connectivity index (χ2n) is 11.1. The Bertz CT molecular complexity index is 1370. The maximum atomic E-state index is 12.7. The molecule has 2 aliphatic rings. The van der Waals surface area contributed by atoms with Crippen LogP contribution in [-0.4, -0.2) is 74.3 Å². The Hall–Kier alpha value is -3.45. The van der Waals surface area contributed by atoms with E-state index < -0.39 is 12.1 Å². The molecule has 2 aliphatic heterocycles. The number of carboxylic acids is 1. The number of benzene rings is 1. The predicted octanol–water partition coefficient (Wildman–Crippen LogP) is 4.23. The Labute approximate surface area is 229 Å². The zero-order valence-electron chi connectivity index (χ0n) is 22.9. The summed E-state index contributed by atoms with van der Waals surface area (Å²) in [5.41, 5.74) is 1.96. The number of ether oxygens (including phenoxy) is 2. The monoisotopic (exact) mass is 565 g/mol. The van der Waals surface area contributed by atoms with Crippen LogP contribution in [0.2, 0.25) is 0 Å². The minimum atomic E-state index is -5.08. The lowest BCUT2D eigenvalue weighted by atomic mass is 9.87. The fourth-order valence-electron chi connectivity index (χ4n) is 4.61. The number of carbonyl (C=O) groups is 1. The van der Waals surface area contributed by atoms with Crippen molar-refractivity contribution in [1.29, 1.82) is 0 Å². The lowest BCUT2D eigenvalue weighted by molar-refractivity contribution is -0.192. The zero-order valence-corrected chi connectivity index (χ0v) is 22.9. The van der Waals surface area contributed by atoms with Crippen molar-refractivity contribution in [1.82, 2.24) is 24.6 Å². The molecular formula is C27H34F3N5O5. The van der Waals surface area contributed by atoms with Crippen molar-refractivity contribution in [3.63, 3.8) is 0 Å². The summed E-state index contributed by atoms with van der Waals surface area (Å²) in [6.07, 6.45) is -1.55. The van der Waals surface area contributed by atoms with Gasteiger partial charge in [-0.15, -0.1) is 0 Å². The number of aliphatic carboxylic acids is 1. The minimum Gasteiger partial charge on any atom is -0.488 e. The number of hydrogen-bond donors (Lipinski definition) is 2. The lowest BCUT2D eigenvalue weighted by Crippen LogP contribution is -2.54. The van der Waals surface area contributed by atoms with Crippen molar-refractivity contribution in [2.75, 3.05) is 26.3 Å². The molecule has 0 radical (unpaired) electrons. The number of carboxylic acid groups (broad SMARTS) is 1. The number of aromatic nitrogens is 4. The number of nitrogens with one attached hydrogen (secondary N) is 1. The number of likely N-dealkylation sites (tertiary alicyclic amines) is 1. The van der Waals surface area contributed by atoms with Gasteiger partial charge in [0, 0.05) is 26.3 Å². The van der Waals surface area contributed by atoms with Crippen LogP contribution in [0.5, 0.6) is 5.75 Å². The molecule has 0 aliphatic carbocycles. The van der Waals surface area contributed by atoms with Crippen molar-refractivity contribution in [3.8, 4) is 5.75 Å². The van der Waals surface area contributed by atoms with Crippen LogP contribution in [0, 0.1) is 0 Å². The Morgan fingerprint density at radius 3 is 2.30 bits per heavy atom. The van der Waals surface area contributed by atoms with E-state index in [1.165, 1.54) is 5.56 Å². The molecule has 0 spiro atoms. The third kappa shape index (κ3) is 6.81. The van der Waals surface area contributed by atoms with Crippen molar-refractivity contribution in [2.45, 2.75) is 70.3 Å². The van der Waals surface area contributed by atoms with Gasteiger partial charge in [-0.25, -0.2) is 14.5 Å². The number of nitrogens with zero attached hydrogens (tertiary/aromatic N) is 4. The van der Waals surface area contributed by atoms with Crippen LogP contribution < -0.4 is 10.3 Å². The summed E-state index contributed by atoms with van der Waals surface area (Å²) in [6, 6.07) is 8.59. The lowest BCUT2D eigenvalue weighted by Gasteiger charge is -2.42. The van der Waals surface area contributed by atoms with E-state index in [0.29, 0.717) is 30.1 Å². The average molecular weight is 566 g/mol. The summed E-state index contributed by atoms with van der Waals surface area (Å²) in [5, 5.41) is 12.2. The van der Waals surface area contributed by atoms with Gasteiger partial charge in [-0.05, 0) is 42.9 Å². The third-order valence-corrected chi connectivity index (χ3v) is 7.10. The molecule has 2 saturated heterocycles. The predicted molar refractivity (Wildman–Crippen MR) is 140 cm³/mol. The molecule has 2 fully saturated rings.